The van der Waals surface area contributed by atoms with Crippen LogP contribution in [-0.4, -0.2) is 16.1 Å². The van der Waals surface area contributed by atoms with E-state index in [-0.39, 0.29) is 12.4 Å². The molecule has 0 unspecified atom stereocenters. The number of rotatable bonds is 3. The van der Waals surface area contributed by atoms with E-state index in [1.54, 1.807) is 25.4 Å². The molecule has 4 heteroatoms. The maximum absolute atomic E-state index is 10.3. The number of aliphatic carboxylic acids is 1. The maximum atomic E-state index is 10.3. The zero-order valence-corrected chi connectivity index (χ0v) is 9.07. The van der Waals surface area contributed by atoms with Crippen LogP contribution in [0.3, 0.4) is 0 Å². The molecule has 0 aromatic carbocycles. The van der Waals surface area contributed by atoms with Crippen LogP contribution < -0.4 is 0 Å². The number of carbonyl (C=O) groups is 1. The topological polar surface area (TPSA) is 50.2 Å². The third kappa shape index (κ3) is 5.65. The largest absolute Gasteiger partial charge is 0.478 e. The van der Waals surface area contributed by atoms with E-state index in [9.17, 15) is 4.79 Å². The molecule has 1 heterocycles. The fourth-order valence-corrected chi connectivity index (χ4v) is 0.945. The Morgan fingerprint density at radius 2 is 2.00 bits per heavy atom. The lowest BCUT2D eigenvalue weighted by atomic mass is 10.2. The van der Waals surface area contributed by atoms with Crippen molar-refractivity contribution in [2.45, 2.75) is 6.92 Å². The van der Waals surface area contributed by atoms with Gasteiger partial charge in [0.25, 0.3) is 0 Å². The van der Waals surface area contributed by atoms with E-state index in [1.165, 1.54) is 0 Å². The average Bonchev–Trinajstić information content (AvgIpc) is 2.15. The number of carboxylic acids is 1. The molecule has 80 valence electrons. The third-order valence-corrected chi connectivity index (χ3v) is 1.60. The summed E-state index contributed by atoms with van der Waals surface area (Å²) in [4.78, 5) is 14.2. The molecule has 0 saturated carbocycles. The molecule has 0 aliphatic heterocycles. The predicted octanol–water partition coefficient (Wildman–Crippen LogP) is 2.55. The first-order valence-corrected chi connectivity index (χ1v) is 4.18. The highest BCUT2D eigenvalue weighted by molar-refractivity contribution is 5.85. The van der Waals surface area contributed by atoms with Crippen molar-refractivity contribution < 1.29 is 9.90 Å². The van der Waals surface area contributed by atoms with E-state index < -0.39 is 5.97 Å². The first-order chi connectivity index (χ1) is 6.68. The van der Waals surface area contributed by atoms with Gasteiger partial charge < -0.3 is 5.11 Å². The zero-order chi connectivity index (χ0) is 10.4. The van der Waals surface area contributed by atoms with E-state index >= 15 is 0 Å². The zero-order valence-electron chi connectivity index (χ0n) is 8.25. The maximum Gasteiger partial charge on any atom is 0.328 e. The normalized spacial score (nSPS) is 11.1. The summed E-state index contributed by atoms with van der Waals surface area (Å²) in [6.45, 7) is 1.74. The predicted molar refractivity (Wildman–Crippen MR) is 61.9 cm³/mol. The molecule has 0 spiro atoms. The molecule has 1 aromatic rings. The highest BCUT2D eigenvalue weighted by Crippen LogP contribution is 2.03. The number of allylic oxidation sites excluding steroid dienone is 2. The highest BCUT2D eigenvalue weighted by Gasteiger charge is 1.89. The van der Waals surface area contributed by atoms with Crippen molar-refractivity contribution in [3.8, 4) is 0 Å². The summed E-state index contributed by atoms with van der Waals surface area (Å²) in [5, 5.41) is 8.46. The number of hydrogen-bond acceptors (Lipinski definition) is 2. The Hall–Kier alpha value is -1.61. The summed E-state index contributed by atoms with van der Waals surface area (Å²) < 4.78 is 0. The Bertz CT molecular complexity index is 371. The van der Waals surface area contributed by atoms with E-state index in [0.29, 0.717) is 5.57 Å². The van der Waals surface area contributed by atoms with Crippen LogP contribution in [0.5, 0.6) is 0 Å². The van der Waals surface area contributed by atoms with Gasteiger partial charge in [0.1, 0.15) is 0 Å². The molecule has 0 bridgehead atoms. The second-order valence-electron chi connectivity index (χ2n) is 2.84. The van der Waals surface area contributed by atoms with Gasteiger partial charge >= 0.3 is 5.97 Å². The van der Waals surface area contributed by atoms with Crippen molar-refractivity contribution in [3.05, 3.63) is 47.8 Å². The van der Waals surface area contributed by atoms with Crippen LogP contribution in [0.1, 0.15) is 12.5 Å². The Morgan fingerprint density at radius 1 is 1.40 bits per heavy atom. The summed E-state index contributed by atoms with van der Waals surface area (Å²) in [7, 11) is 0. The van der Waals surface area contributed by atoms with Gasteiger partial charge in [-0.1, -0.05) is 12.2 Å². The number of carboxylic acid groups (broad SMARTS) is 1. The van der Waals surface area contributed by atoms with Crippen LogP contribution in [0.2, 0.25) is 0 Å². The molecule has 0 amide bonds. The molecule has 3 nitrogen and oxygen atoms in total. The second kappa shape index (κ2) is 6.79. The lowest BCUT2D eigenvalue weighted by molar-refractivity contribution is -0.131. The molecule has 1 N–H and O–H groups in total. The first-order valence-electron chi connectivity index (χ1n) is 4.18. The monoisotopic (exact) mass is 225 g/mol. The summed E-state index contributed by atoms with van der Waals surface area (Å²) in [6.07, 6.45) is 8.14. The molecule has 15 heavy (non-hydrogen) atoms. The van der Waals surface area contributed by atoms with Gasteiger partial charge in [0.05, 0.1) is 0 Å². The van der Waals surface area contributed by atoms with Crippen LogP contribution in [0.4, 0.5) is 0 Å². The fourth-order valence-electron chi connectivity index (χ4n) is 0.945. The van der Waals surface area contributed by atoms with Gasteiger partial charge in [0.15, 0.2) is 0 Å². The fraction of sp³-hybridized carbons (Fsp3) is 0.0909. The third-order valence-electron chi connectivity index (χ3n) is 1.60. The number of halogens is 1. The smallest absolute Gasteiger partial charge is 0.328 e. The number of nitrogens with zero attached hydrogens (tertiary/aromatic N) is 1. The quantitative estimate of drug-likeness (QED) is 0.635. The van der Waals surface area contributed by atoms with E-state index in [2.05, 4.69) is 4.98 Å². The van der Waals surface area contributed by atoms with Gasteiger partial charge in [-0.05, 0) is 30.2 Å². The van der Waals surface area contributed by atoms with E-state index in [1.807, 2.05) is 18.2 Å². The van der Waals surface area contributed by atoms with Crippen molar-refractivity contribution in [1.82, 2.24) is 4.98 Å². The molecular weight excluding hydrogens is 214 g/mol. The molecule has 0 aliphatic carbocycles. The molecule has 0 fully saturated rings. The molecular formula is C11H12ClNO2. The van der Waals surface area contributed by atoms with Crippen molar-refractivity contribution >= 4 is 24.5 Å². The molecule has 1 aromatic heterocycles. The van der Waals surface area contributed by atoms with Crippen molar-refractivity contribution in [2.75, 3.05) is 0 Å². The Kier molecular flexibility index (Phi) is 6.06. The van der Waals surface area contributed by atoms with Crippen molar-refractivity contribution in [1.29, 1.82) is 0 Å². The summed E-state index contributed by atoms with van der Waals surface area (Å²) in [5.74, 6) is -0.929. The Balaban J connectivity index is 0.00000196. The first kappa shape index (κ1) is 13.4. The Morgan fingerprint density at radius 3 is 2.53 bits per heavy atom. The summed E-state index contributed by atoms with van der Waals surface area (Å²) in [6, 6.07) is 3.70. The van der Waals surface area contributed by atoms with Gasteiger partial charge in [-0.25, -0.2) is 4.79 Å². The number of aromatic nitrogens is 1. The van der Waals surface area contributed by atoms with Gasteiger partial charge in [-0.2, -0.15) is 0 Å². The van der Waals surface area contributed by atoms with Crippen molar-refractivity contribution in [3.63, 3.8) is 0 Å². The molecule has 0 saturated heterocycles. The van der Waals surface area contributed by atoms with E-state index in [0.717, 1.165) is 11.6 Å². The van der Waals surface area contributed by atoms with Crippen molar-refractivity contribution in [2.24, 2.45) is 0 Å². The van der Waals surface area contributed by atoms with Crippen LogP contribution in [0, 0.1) is 0 Å². The molecule has 1 rings (SSSR count). The van der Waals surface area contributed by atoms with Crippen LogP contribution in [-0.2, 0) is 4.79 Å². The summed E-state index contributed by atoms with van der Waals surface area (Å²) in [5.41, 5.74) is 1.70. The van der Waals surface area contributed by atoms with E-state index in [4.69, 9.17) is 5.11 Å². The van der Waals surface area contributed by atoms with Crippen LogP contribution >= 0.6 is 12.4 Å². The van der Waals surface area contributed by atoms with Gasteiger partial charge in [0.2, 0.25) is 0 Å². The minimum absolute atomic E-state index is 0. The lowest BCUT2D eigenvalue weighted by Crippen LogP contribution is -1.87. The summed E-state index contributed by atoms with van der Waals surface area (Å²) >= 11 is 0. The molecule has 0 aliphatic rings. The average molecular weight is 226 g/mol. The minimum Gasteiger partial charge on any atom is -0.478 e. The minimum atomic E-state index is -0.929. The van der Waals surface area contributed by atoms with Crippen LogP contribution in [0.15, 0.2) is 42.3 Å². The molecule has 0 atom stereocenters. The van der Waals surface area contributed by atoms with Gasteiger partial charge in [0, 0.05) is 18.5 Å². The lowest BCUT2D eigenvalue weighted by Gasteiger charge is -1.91. The standard InChI is InChI=1S/C11H11NO2.ClH/c1-9(8-11(13)14)2-3-10-4-6-12-7-5-10;/h2-8H,1H3,(H,13,14);1H/b3-2-,9-8+;. The number of hydrogen-bond donors (Lipinski definition) is 1. The second-order valence-corrected chi connectivity index (χ2v) is 2.84. The molecule has 0 radical (unpaired) electrons. The Labute approximate surface area is 94.6 Å². The van der Waals surface area contributed by atoms with Gasteiger partial charge in [-0.3, -0.25) is 4.98 Å². The van der Waals surface area contributed by atoms with Gasteiger partial charge in [-0.15, -0.1) is 12.4 Å². The number of pyridine rings is 1. The highest BCUT2D eigenvalue weighted by atomic mass is 35.5. The SMILES string of the molecule is CC(/C=C\c1ccncc1)=C\C(=O)O.Cl. The van der Waals surface area contributed by atoms with Crippen LogP contribution in [0.25, 0.3) is 6.08 Å².